The molecule has 0 aliphatic carbocycles. The van der Waals surface area contributed by atoms with Crippen LogP contribution in [-0.4, -0.2) is 55.1 Å². The number of piperazine rings is 1. The molecule has 18 heavy (non-hydrogen) atoms. The van der Waals surface area contributed by atoms with E-state index in [4.69, 9.17) is 17.5 Å². The van der Waals surface area contributed by atoms with E-state index in [2.05, 4.69) is 17.1 Å². The third-order valence-electron chi connectivity index (χ3n) is 2.79. The van der Waals surface area contributed by atoms with Gasteiger partial charge in [-0.2, -0.15) is 8.42 Å². The van der Waals surface area contributed by atoms with Gasteiger partial charge < -0.3 is 10.2 Å². The Morgan fingerprint density at radius 2 is 1.56 bits per heavy atom. The lowest BCUT2D eigenvalue weighted by Crippen LogP contribution is -2.43. The lowest BCUT2D eigenvalue weighted by atomic mass is 10.1. The summed E-state index contributed by atoms with van der Waals surface area (Å²) >= 11 is 0. The van der Waals surface area contributed by atoms with Gasteiger partial charge in [0.15, 0.2) is 0 Å². The molecule has 110 valence electrons. The van der Waals surface area contributed by atoms with E-state index in [1.54, 1.807) is 0 Å². The maximum atomic E-state index is 8.74. The summed E-state index contributed by atoms with van der Waals surface area (Å²) in [6, 6.07) is 0. The van der Waals surface area contributed by atoms with Crippen LogP contribution in [0.25, 0.3) is 0 Å². The molecule has 0 aromatic rings. The molecule has 0 spiro atoms. The minimum atomic E-state index is -4.67. The first kappa shape index (κ1) is 17.8. The highest BCUT2D eigenvalue weighted by Crippen LogP contribution is 2.04. The number of rotatable bonds is 6. The highest BCUT2D eigenvalue weighted by molar-refractivity contribution is 7.79. The average molecular weight is 282 g/mol. The number of hydrogen-bond acceptors (Lipinski definition) is 4. The van der Waals surface area contributed by atoms with Gasteiger partial charge in [-0.05, 0) is 13.0 Å². The molecule has 1 fully saturated rings. The monoisotopic (exact) mass is 282 g/mol. The summed E-state index contributed by atoms with van der Waals surface area (Å²) in [6.45, 7) is 8.49. The van der Waals surface area contributed by atoms with Crippen molar-refractivity contribution in [2.45, 2.75) is 39.0 Å². The smallest absolute Gasteiger partial charge is 0.314 e. The maximum Gasteiger partial charge on any atom is 0.394 e. The zero-order valence-electron chi connectivity index (χ0n) is 11.1. The Labute approximate surface area is 110 Å². The first-order valence-electron chi connectivity index (χ1n) is 6.56. The van der Waals surface area contributed by atoms with Crippen molar-refractivity contribution in [2.75, 3.05) is 32.7 Å². The second-order valence-corrected chi connectivity index (χ2v) is 5.35. The van der Waals surface area contributed by atoms with Gasteiger partial charge in [-0.1, -0.05) is 32.6 Å². The van der Waals surface area contributed by atoms with Crippen LogP contribution in [0.15, 0.2) is 0 Å². The number of unbranched alkanes of at least 4 members (excludes halogenated alkanes) is 4. The van der Waals surface area contributed by atoms with E-state index in [1.165, 1.54) is 64.8 Å². The van der Waals surface area contributed by atoms with E-state index in [-0.39, 0.29) is 0 Å². The zero-order chi connectivity index (χ0) is 13.9. The van der Waals surface area contributed by atoms with Crippen molar-refractivity contribution in [1.29, 1.82) is 0 Å². The molecule has 7 heteroatoms. The highest BCUT2D eigenvalue weighted by Gasteiger charge is 2.07. The van der Waals surface area contributed by atoms with Gasteiger partial charge in [-0.3, -0.25) is 9.11 Å². The maximum absolute atomic E-state index is 8.74. The van der Waals surface area contributed by atoms with Crippen LogP contribution in [0.1, 0.15) is 39.0 Å². The summed E-state index contributed by atoms with van der Waals surface area (Å²) in [6.07, 6.45) is 7.04. The van der Waals surface area contributed by atoms with Gasteiger partial charge in [0.1, 0.15) is 0 Å². The van der Waals surface area contributed by atoms with Gasteiger partial charge in [0.05, 0.1) is 0 Å². The molecule has 0 amide bonds. The first-order chi connectivity index (χ1) is 8.43. The zero-order valence-corrected chi connectivity index (χ0v) is 12.0. The first-order valence-corrected chi connectivity index (χ1v) is 7.96. The van der Waals surface area contributed by atoms with Gasteiger partial charge in [0.25, 0.3) is 0 Å². The minimum absolute atomic E-state index is 1.19. The Kier molecular flexibility index (Phi) is 10.6. The van der Waals surface area contributed by atoms with Gasteiger partial charge in [0, 0.05) is 26.2 Å². The van der Waals surface area contributed by atoms with Crippen molar-refractivity contribution in [2.24, 2.45) is 0 Å². The fraction of sp³-hybridized carbons (Fsp3) is 1.00. The average Bonchev–Trinajstić information content (AvgIpc) is 2.28. The second-order valence-electron chi connectivity index (χ2n) is 4.45. The molecule has 0 bridgehead atoms. The number of hydrogen-bond donors (Lipinski definition) is 3. The van der Waals surface area contributed by atoms with Gasteiger partial charge in [0.2, 0.25) is 0 Å². The fourth-order valence-corrected chi connectivity index (χ4v) is 1.87. The molecule has 1 rings (SSSR count). The van der Waals surface area contributed by atoms with Crippen LogP contribution in [0.4, 0.5) is 0 Å². The van der Waals surface area contributed by atoms with E-state index in [1.807, 2.05) is 0 Å². The van der Waals surface area contributed by atoms with Crippen LogP contribution in [0, 0.1) is 0 Å². The summed E-state index contributed by atoms with van der Waals surface area (Å²) in [7, 11) is -4.67. The Morgan fingerprint density at radius 1 is 1.06 bits per heavy atom. The Balaban J connectivity index is 0.000000494. The second kappa shape index (κ2) is 10.7. The Bertz CT molecular complexity index is 269. The van der Waals surface area contributed by atoms with E-state index < -0.39 is 10.4 Å². The normalized spacial score (nSPS) is 17.1. The molecule has 1 aliphatic heterocycles. The topological polar surface area (TPSA) is 89.9 Å². The molecule has 6 nitrogen and oxygen atoms in total. The van der Waals surface area contributed by atoms with Crippen molar-refractivity contribution in [3.8, 4) is 0 Å². The summed E-state index contributed by atoms with van der Waals surface area (Å²) in [4.78, 5) is 2.59. The largest absolute Gasteiger partial charge is 0.394 e. The summed E-state index contributed by atoms with van der Waals surface area (Å²) in [5.74, 6) is 0. The molecule has 1 aliphatic rings. The summed E-state index contributed by atoms with van der Waals surface area (Å²) < 4.78 is 31.6. The summed E-state index contributed by atoms with van der Waals surface area (Å²) in [5.41, 5.74) is 0. The molecule has 0 aromatic carbocycles. The van der Waals surface area contributed by atoms with Crippen molar-refractivity contribution >= 4 is 10.4 Å². The molecule has 3 N–H and O–H groups in total. The third kappa shape index (κ3) is 15.8. The fourth-order valence-electron chi connectivity index (χ4n) is 1.87. The Morgan fingerprint density at radius 3 is 2.06 bits per heavy atom. The van der Waals surface area contributed by atoms with Crippen LogP contribution in [0.3, 0.4) is 0 Å². The van der Waals surface area contributed by atoms with E-state index in [0.717, 1.165) is 0 Å². The molecule has 0 radical (unpaired) electrons. The predicted octanol–water partition coefficient (Wildman–Crippen LogP) is 1.21. The Hall–Kier alpha value is -0.210. The third-order valence-corrected chi connectivity index (χ3v) is 2.79. The standard InChI is InChI=1S/C11H24N2.H2O4S/c1-2-3-4-5-6-9-13-10-7-12-8-11-13;1-5(2,3)4/h12H,2-11H2,1H3;(H2,1,2,3,4). The van der Waals surface area contributed by atoms with Crippen molar-refractivity contribution < 1.29 is 17.5 Å². The molecular weight excluding hydrogens is 256 g/mol. The van der Waals surface area contributed by atoms with E-state index in [0.29, 0.717) is 0 Å². The number of nitrogens with one attached hydrogen (secondary N) is 1. The number of nitrogens with zero attached hydrogens (tertiary/aromatic N) is 1. The van der Waals surface area contributed by atoms with E-state index >= 15 is 0 Å². The lowest BCUT2D eigenvalue weighted by molar-refractivity contribution is 0.236. The molecule has 0 atom stereocenters. The van der Waals surface area contributed by atoms with E-state index in [9.17, 15) is 0 Å². The van der Waals surface area contributed by atoms with Crippen molar-refractivity contribution in [1.82, 2.24) is 10.2 Å². The van der Waals surface area contributed by atoms with Crippen LogP contribution in [-0.2, 0) is 10.4 Å². The van der Waals surface area contributed by atoms with Crippen LogP contribution in [0.5, 0.6) is 0 Å². The van der Waals surface area contributed by atoms with Crippen molar-refractivity contribution in [3.05, 3.63) is 0 Å². The molecular formula is C11H26N2O4S. The predicted molar refractivity (Wildman–Crippen MR) is 72.2 cm³/mol. The van der Waals surface area contributed by atoms with Crippen LogP contribution < -0.4 is 5.32 Å². The van der Waals surface area contributed by atoms with Crippen LogP contribution >= 0.6 is 0 Å². The molecule has 1 heterocycles. The summed E-state index contributed by atoms with van der Waals surface area (Å²) in [5, 5.41) is 3.38. The molecule has 0 aromatic heterocycles. The molecule has 0 unspecified atom stereocenters. The molecule has 0 saturated carbocycles. The van der Waals surface area contributed by atoms with Gasteiger partial charge in [-0.15, -0.1) is 0 Å². The molecule has 1 saturated heterocycles. The lowest BCUT2D eigenvalue weighted by Gasteiger charge is -2.26. The van der Waals surface area contributed by atoms with Crippen molar-refractivity contribution in [3.63, 3.8) is 0 Å². The van der Waals surface area contributed by atoms with Gasteiger partial charge in [-0.25, -0.2) is 0 Å². The SMILES string of the molecule is CCCCCCCN1CCNCC1.O=S(=O)(O)O. The highest BCUT2D eigenvalue weighted by atomic mass is 32.3. The quantitative estimate of drug-likeness (QED) is 0.501. The minimum Gasteiger partial charge on any atom is -0.314 e. The van der Waals surface area contributed by atoms with Crippen LogP contribution in [0.2, 0.25) is 0 Å². The van der Waals surface area contributed by atoms with Gasteiger partial charge >= 0.3 is 10.4 Å².